The van der Waals surface area contributed by atoms with Crippen molar-refractivity contribution in [1.29, 1.82) is 0 Å². The molecule has 0 radical (unpaired) electrons. The lowest BCUT2D eigenvalue weighted by Crippen LogP contribution is -1.79. The summed E-state index contributed by atoms with van der Waals surface area (Å²) < 4.78 is 2.53. The second-order valence-corrected chi connectivity index (χ2v) is 5.50. The molecule has 0 N–H and O–H groups in total. The Morgan fingerprint density at radius 3 is 2.79 bits per heavy atom. The number of hydrogen-bond acceptors (Lipinski definition) is 1. The van der Waals surface area contributed by atoms with E-state index in [9.17, 15) is 0 Å². The average Bonchev–Trinajstić information content (AvgIpc) is 2.59. The van der Waals surface area contributed by atoms with Gasteiger partial charge in [0.2, 0.25) is 0 Å². The summed E-state index contributed by atoms with van der Waals surface area (Å²) >= 11 is 11.2. The highest BCUT2D eigenvalue weighted by Gasteiger charge is 2.06. The van der Waals surface area contributed by atoms with Crippen LogP contribution in [0.1, 0.15) is 17.4 Å². The molecular weight excluding hydrogens is 280 g/mol. The predicted octanol–water partition coefficient (Wildman–Crippen LogP) is 4.97. The van der Waals surface area contributed by atoms with Crippen molar-refractivity contribution in [3.8, 4) is 0 Å². The first-order valence-electron chi connectivity index (χ1n) is 4.51. The van der Waals surface area contributed by atoms with E-state index in [1.807, 2.05) is 0 Å². The van der Waals surface area contributed by atoms with Gasteiger partial charge in [0, 0.05) is 14.0 Å². The molecule has 0 fully saturated rings. The number of hydrogen-bond donors (Lipinski definition) is 0. The molecule has 0 bridgehead atoms. The van der Waals surface area contributed by atoms with Crippen molar-refractivity contribution in [2.24, 2.45) is 0 Å². The van der Waals surface area contributed by atoms with E-state index < -0.39 is 0 Å². The smallest absolute Gasteiger partial charge is 0.0568 e. The highest BCUT2D eigenvalue weighted by molar-refractivity contribution is 9.10. The molecule has 0 nitrogen and oxygen atoms in total. The number of rotatable bonds is 2. The Morgan fingerprint density at radius 1 is 1.36 bits per heavy atom. The molecule has 14 heavy (non-hydrogen) atoms. The molecule has 0 aliphatic carbocycles. The predicted molar refractivity (Wildman–Crippen MR) is 68.5 cm³/mol. The number of thiophene rings is 1. The Balaban J connectivity index is 2.71. The summed E-state index contributed by atoms with van der Waals surface area (Å²) in [5.41, 5.74) is 1.40. The number of alkyl halides is 1. The number of halogens is 2. The van der Waals surface area contributed by atoms with Gasteiger partial charge >= 0.3 is 0 Å². The van der Waals surface area contributed by atoms with E-state index in [0.717, 1.165) is 10.9 Å². The second kappa shape index (κ2) is 4.21. The highest BCUT2D eigenvalue weighted by atomic mass is 79.9. The highest BCUT2D eigenvalue weighted by Crippen LogP contribution is 2.32. The summed E-state index contributed by atoms with van der Waals surface area (Å²) in [7, 11) is 0. The quantitative estimate of drug-likeness (QED) is 0.685. The van der Waals surface area contributed by atoms with Gasteiger partial charge in [-0.05, 0) is 35.6 Å². The Bertz CT molecular complexity index is 462. The van der Waals surface area contributed by atoms with Crippen molar-refractivity contribution >= 4 is 49.0 Å². The maximum Gasteiger partial charge on any atom is 0.0568 e. The first kappa shape index (κ1) is 10.5. The zero-order chi connectivity index (χ0) is 10.1. The Morgan fingerprint density at radius 2 is 2.14 bits per heavy atom. The van der Waals surface area contributed by atoms with Gasteiger partial charge in [0.1, 0.15) is 0 Å². The van der Waals surface area contributed by atoms with E-state index in [4.69, 9.17) is 11.6 Å². The van der Waals surface area contributed by atoms with Crippen molar-refractivity contribution in [1.82, 2.24) is 0 Å². The SMILES string of the molecule is CCc1cc(Br)cc2cc(CCl)sc12. The van der Waals surface area contributed by atoms with E-state index >= 15 is 0 Å². The van der Waals surface area contributed by atoms with Crippen LogP contribution in [-0.2, 0) is 12.3 Å². The minimum Gasteiger partial charge on any atom is -0.139 e. The topological polar surface area (TPSA) is 0 Å². The van der Waals surface area contributed by atoms with Gasteiger partial charge in [0.15, 0.2) is 0 Å². The summed E-state index contributed by atoms with van der Waals surface area (Å²) in [4.78, 5) is 1.24. The fourth-order valence-corrected chi connectivity index (χ4v) is 3.40. The molecule has 0 saturated carbocycles. The van der Waals surface area contributed by atoms with Gasteiger partial charge in [0.05, 0.1) is 5.88 Å². The van der Waals surface area contributed by atoms with Crippen LogP contribution in [0.25, 0.3) is 10.1 Å². The van der Waals surface area contributed by atoms with Crippen molar-refractivity contribution in [3.05, 3.63) is 33.1 Å². The molecule has 74 valence electrons. The van der Waals surface area contributed by atoms with Gasteiger partial charge in [-0.15, -0.1) is 22.9 Å². The minimum absolute atomic E-state index is 0.611. The van der Waals surface area contributed by atoms with E-state index in [2.05, 4.69) is 41.1 Å². The van der Waals surface area contributed by atoms with Crippen LogP contribution in [0.2, 0.25) is 0 Å². The molecule has 0 unspecified atom stereocenters. The standard InChI is InChI=1S/C11H10BrClS/c1-2-7-3-9(12)4-8-5-10(6-13)14-11(7)8/h3-5H,2,6H2,1H3. The van der Waals surface area contributed by atoms with E-state index in [1.165, 1.54) is 20.5 Å². The van der Waals surface area contributed by atoms with Gasteiger partial charge in [-0.3, -0.25) is 0 Å². The summed E-state index contributed by atoms with van der Waals surface area (Å²) in [6, 6.07) is 6.52. The lowest BCUT2D eigenvalue weighted by molar-refractivity contribution is 1.16. The van der Waals surface area contributed by atoms with Gasteiger partial charge < -0.3 is 0 Å². The molecule has 3 heteroatoms. The van der Waals surface area contributed by atoms with E-state index in [1.54, 1.807) is 11.3 Å². The lowest BCUT2D eigenvalue weighted by Gasteiger charge is -1.99. The molecule has 0 atom stereocenters. The Labute approximate surface area is 101 Å². The number of benzene rings is 1. The van der Waals surface area contributed by atoms with Crippen LogP contribution in [0.5, 0.6) is 0 Å². The second-order valence-electron chi connectivity index (χ2n) is 3.18. The molecular formula is C11H10BrClS. The molecule has 0 aliphatic heterocycles. The molecule has 2 aromatic rings. The number of fused-ring (bicyclic) bond motifs is 1. The maximum absolute atomic E-state index is 5.83. The molecule has 2 rings (SSSR count). The monoisotopic (exact) mass is 288 g/mol. The normalized spacial score (nSPS) is 11.1. The van der Waals surface area contributed by atoms with Crippen molar-refractivity contribution in [3.63, 3.8) is 0 Å². The fraction of sp³-hybridized carbons (Fsp3) is 0.273. The zero-order valence-corrected chi connectivity index (χ0v) is 11.0. The molecule has 0 spiro atoms. The first-order valence-corrected chi connectivity index (χ1v) is 6.65. The first-order chi connectivity index (χ1) is 6.74. The summed E-state index contributed by atoms with van der Waals surface area (Å²) in [5, 5.41) is 1.30. The third-order valence-electron chi connectivity index (χ3n) is 2.22. The van der Waals surface area contributed by atoms with Gasteiger partial charge in [-0.25, -0.2) is 0 Å². The van der Waals surface area contributed by atoms with Crippen LogP contribution in [0.4, 0.5) is 0 Å². The number of aryl methyl sites for hydroxylation is 1. The van der Waals surface area contributed by atoms with Crippen LogP contribution >= 0.6 is 38.9 Å². The zero-order valence-electron chi connectivity index (χ0n) is 7.81. The van der Waals surface area contributed by atoms with Gasteiger partial charge in [-0.2, -0.15) is 0 Å². The third kappa shape index (κ3) is 1.83. The molecule has 0 saturated heterocycles. The third-order valence-corrected chi connectivity index (χ3v) is 4.35. The molecule has 0 amide bonds. The van der Waals surface area contributed by atoms with Crippen molar-refractivity contribution in [2.75, 3.05) is 0 Å². The largest absolute Gasteiger partial charge is 0.139 e. The van der Waals surface area contributed by atoms with E-state index in [0.29, 0.717) is 5.88 Å². The van der Waals surface area contributed by atoms with Crippen LogP contribution < -0.4 is 0 Å². The summed E-state index contributed by atoms with van der Waals surface area (Å²) in [6.07, 6.45) is 1.07. The van der Waals surface area contributed by atoms with Crippen LogP contribution in [0.3, 0.4) is 0 Å². The minimum atomic E-state index is 0.611. The molecule has 1 heterocycles. The summed E-state index contributed by atoms with van der Waals surface area (Å²) in [5.74, 6) is 0.611. The van der Waals surface area contributed by atoms with E-state index in [-0.39, 0.29) is 0 Å². The Hall–Kier alpha value is -0.0500. The lowest BCUT2D eigenvalue weighted by atomic mass is 10.1. The van der Waals surface area contributed by atoms with Gasteiger partial charge in [0.25, 0.3) is 0 Å². The Kier molecular flexibility index (Phi) is 3.15. The maximum atomic E-state index is 5.83. The van der Waals surface area contributed by atoms with Crippen LogP contribution in [0.15, 0.2) is 22.7 Å². The molecule has 0 aliphatic rings. The van der Waals surface area contributed by atoms with Gasteiger partial charge in [-0.1, -0.05) is 22.9 Å². The molecule has 1 aromatic carbocycles. The van der Waals surface area contributed by atoms with Crippen molar-refractivity contribution in [2.45, 2.75) is 19.2 Å². The fourth-order valence-electron chi connectivity index (χ4n) is 1.57. The summed E-state index contributed by atoms with van der Waals surface area (Å²) in [6.45, 7) is 2.18. The molecule has 1 aromatic heterocycles. The van der Waals surface area contributed by atoms with Crippen LogP contribution in [-0.4, -0.2) is 0 Å². The van der Waals surface area contributed by atoms with Crippen LogP contribution in [0, 0.1) is 0 Å². The van der Waals surface area contributed by atoms with Crippen molar-refractivity contribution < 1.29 is 0 Å². The average molecular weight is 290 g/mol.